The van der Waals surface area contributed by atoms with Gasteiger partial charge in [0.25, 0.3) is 5.91 Å². The number of aromatic nitrogens is 3. The van der Waals surface area contributed by atoms with Gasteiger partial charge in [-0.15, -0.1) is 9.78 Å². The highest BCUT2D eigenvalue weighted by atomic mass is 16.3. The number of likely N-dealkylation sites (tertiary alicyclic amines) is 1. The van der Waals surface area contributed by atoms with Crippen LogP contribution in [-0.4, -0.2) is 56.3 Å². The van der Waals surface area contributed by atoms with Crippen LogP contribution < -0.4 is 5.69 Å². The van der Waals surface area contributed by atoms with Crippen molar-refractivity contribution in [2.75, 3.05) is 26.2 Å². The van der Waals surface area contributed by atoms with E-state index in [4.69, 9.17) is 5.11 Å². The molecule has 3 rings (SSSR count). The number of pyridine rings is 1. The number of nitrogens with zero attached hydrogens (tertiary/aromatic N) is 4. The molecular formula is C14H18N4O3. The van der Waals surface area contributed by atoms with Crippen LogP contribution in [0.15, 0.2) is 29.2 Å². The van der Waals surface area contributed by atoms with Crippen LogP contribution in [0.3, 0.4) is 0 Å². The molecule has 0 saturated carbocycles. The standard InChI is InChI=1S/C14H18N4O3/c19-8-5-11-4-7-16(9-11)10-13(20)18-14(21)17-6-2-1-3-12(17)15-18/h1-3,6,11,19H,4-5,7-10H2. The Morgan fingerprint density at radius 3 is 3.05 bits per heavy atom. The van der Waals surface area contributed by atoms with Crippen LogP contribution in [0.1, 0.15) is 17.6 Å². The predicted molar refractivity (Wildman–Crippen MR) is 76.3 cm³/mol. The molecule has 1 unspecified atom stereocenters. The molecule has 1 aliphatic rings. The molecule has 0 bridgehead atoms. The fraction of sp³-hybridized carbons (Fsp3) is 0.500. The number of aliphatic hydroxyl groups is 1. The minimum absolute atomic E-state index is 0.179. The molecule has 21 heavy (non-hydrogen) atoms. The van der Waals surface area contributed by atoms with Crippen LogP contribution in [0.5, 0.6) is 0 Å². The molecule has 2 aromatic heterocycles. The number of carbonyl (C=O) groups is 1. The van der Waals surface area contributed by atoms with Gasteiger partial charge < -0.3 is 5.11 Å². The van der Waals surface area contributed by atoms with Crippen LogP contribution in [0, 0.1) is 5.92 Å². The summed E-state index contributed by atoms with van der Waals surface area (Å²) in [5.41, 5.74) is 0.0390. The van der Waals surface area contributed by atoms with Crippen molar-refractivity contribution in [1.29, 1.82) is 0 Å². The first kappa shape index (κ1) is 14.0. The van der Waals surface area contributed by atoms with Gasteiger partial charge in [-0.2, -0.15) is 0 Å². The van der Waals surface area contributed by atoms with Crippen molar-refractivity contribution in [3.8, 4) is 0 Å². The number of carbonyl (C=O) groups excluding carboxylic acids is 1. The van der Waals surface area contributed by atoms with Crippen LogP contribution in [0.2, 0.25) is 0 Å². The lowest BCUT2D eigenvalue weighted by molar-refractivity contribution is 0.0839. The second kappa shape index (κ2) is 5.79. The Bertz CT molecular complexity index is 706. The van der Waals surface area contributed by atoms with E-state index in [1.165, 1.54) is 4.40 Å². The van der Waals surface area contributed by atoms with Crippen molar-refractivity contribution < 1.29 is 9.90 Å². The van der Waals surface area contributed by atoms with Crippen LogP contribution in [-0.2, 0) is 0 Å². The molecule has 0 radical (unpaired) electrons. The zero-order valence-corrected chi connectivity index (χ0v) is 11.7. The van der Waals surface area contributed by atoms with Crippen molar-refractivity contribution in [3.05, 3.63) is 34.9 Å². The van der Waals surface area contributed by atoms with Crippen molar-refractivity contribution in [1.82, 2.24) is 19.1 Å². The van der Waals surface area contributed by atoms with Gasteiger partial charge in [-0.3, -0.25) is 9.69 Å². The SMILES string of the molecule is O=C(CN1CCC(CCO)C1)n1nc2ccccn2c1=O. The van der Waals surface area contributed by atoms with Crippen LogP contribution in [0.4, 0.5) is 0 Å². The van der Waals surface area contributed by atoms with Gasteiger partial charge in [-0.1, -0.05) is 6.07 Å². The summed E-state index contributed by atoms with van der Waals surface area (Å²) in [7, 11) is 0. The third-order valence-corrected chi connectivity index (χ3v) is 3.93. The quantitative estimate of drug-likeness (QED) is 0.846. The van der Waals surface area contributed by atoms with E-state index >= 15 is 0 Å². The van der Waals surface area contributed by atoms with Crippen molar-refractivity contribution in [3.63, 3.8) is 0 Å². The average molecular weight is 290 g/mol. The third-order valence-electron chi connectivity index (χ3n) is 3.93. The highest BCUT2D eigenvalue weighted by Gasteiger charge is 2.25. The lowest BCUT2D eigenvalue weighted by Gasteiger charge is -2.13. The van der Waals surface area contributed by atoms with Crippen molar-refractivity contribution in [2.45, 2.75) is 12.8 Å². The molecule has 1 aliphatic heterocycles. The molecule has 1 atom stereocenters. The number of hydrogen-bond donors (Lipinski definition) is 1. The summed E-state index contributed by atoms with van der Waals surface area (Å²) >= 11 is 0. The zero-order chi connectivity index (χ0) is 14.8. The van der Waals surface area contributed by atoms with E-state index in [1.807, 2.05) is 4.90 Å². The normalized spacial score (nSPS) is 19.4. The lowest BCUT2D eigenvalue weighted by atomic mass is 10.1. The molecular weight excluding hydrogens is 272 g/mol. The summed E-state index contributed by atoms with van der Waals surface area (Å²) in [5, 5.41) is 13.0. The second-order valence-corrected chi connectivity index (χ2v) is 5.42. The summed E-state index contributed by atoms with van der Waals surface area (Å²) in [6.45, 7) is 1.97. The topological polar surface area (TPSA) is 79.8 Å². The molecule has 2 aromatic rings. The van der Waals surface area contributed by atoms with E-state index in [1.54, 1.807) is 24.4 Å². The van der Waals surface area contributed by atoms with Crippen molar-refractivity contribution in [2.24, 2.45) is 5.92 Å². The molecule has 0 spiro atoms. The van der Waals surface area contributed by atoms with E-state index in [2.05, 4.69) is 5.10 Å². The Hall–Kier alpha value is -1.99. The Morgan fingerprint density at radius 2 is 2.29 bits per heavy atom. The van der Waals surface area contributed by atoms with Gasteiger partial charge in [-0.05, 0) is 37.4 Å². The number of rotatable bonds is 4. The van der Waals surface area contributed by atoms with E-state index in [0.29, 0.717) is 11.6 Å². The minimum atomic E-state index is -0.429. The fourth-order valence-electron chi connectivity index (χ4n) is 2.82. The van der Waals surface area contributed by atoms with Gasteiger partial charge in [0.1, 0.15) is 0 Å². The first-order valence-corrected chi connectivity index (χ1v) is 7.12. The molecule has 112 valence electrons. The van der Waals surface area contributed by atoms with E-state index in [0.717, 1.165) is 30.6 Å². The first-order chi connectivity index (χ1) is 10.2. The first-order valence-electron chi connectivity index (χ1n) is 7.12. The van der Waals surface area contributed by atoms with Gasteiger partial charge in [-0.25, -0.2) is 9.20 Å². The molecule has 0 aromatic carbocycles. The molecule has 1 saturated heterocycles. The maximum absolute atomic E-state index is 12.3. The highest BCUT2D eigenvalue weighted by Crippen LogP contribution is 2.18. The molecule has 1 N–H and O–H groups in total. The monoisotopic (exact) mass is 290 g/mol. The van der Waals surface area contributed by atoms with Gasteiger partial charge >= 0.3 is 5.69 Å². The Balaban J connectivity index is 1.73. The van der Waals surface area contributed by atoms with Gasteiger partial charge in [0, 0.05) is 19.3 Å². The molecule has 7 nitrogen and oxygen atoms in total. The minimum Gasteiger partial charge on any atom is -0.396 e. The Labute approximate surface area is 121 Å². The smallest absolute Gasteiger partial charge is 0.357 e. The number of aliphatic hydroxyl groups excluding tert-OH is 1. The van der Waals surface area contributed by atoms with Crippen LogP contribution >= 0.6 is 0 Å². The fourth-order valence-corrected chi connectivity index (χ4v) is 2.82. The van der Waals surface area contributed by atoms with E-state index < -0.39 is 5.69 Å². The summed E-state index contributed by atoms with van der Waals surface area (Å²) in [6.07, 6.45) is 3.34. The largest absolute Gasteiger partial charge is 0.396 e. The summed E-state index contributed by atoms with van der Waals surface area (Å²) in [4.78, 5) is 26.4. The molecule has 3 heterocycles. The maximum atomic E-state index is 12.3. The lowest BCUT2D eigenvalue weighted by Crippen LogP contribution is -2.36. The average Bonchev–Trinajstić information content (AvgIpc) is 3.05. The van der Waals surface area contributed by atoms with E-state index in [-0.39, 0.29) is 19.1 Å². The zero-order valence-electron chi connectivity index (χ0n) is 11.7. The summed E-state index contributed by atoms with van der Waals surface area (Å²) in [5.74, 6) is 0.119. The van der Waals surface area contributed by atoms with Gasteiger partial charge in [0.05, 0.1) is 6.54 Å². The Kier molecular flexibility index (Phi) is 3.85. The van der Waals surface area contributed by atoms with Crippen LogP contribution in [0.25, 0.3) is 5.65 Å². The number of fused-ring (bicyclic) bond motifs is 1. The van der Waals surface area contributed by atoms with Gasteiger partial charge in [0.15, 0.2) is 5.65 Å². The summed E-state index contributed by atoms with van der Waals surface area (Å²) < 4.78 is 2.30. The van der Waals surface area contributed by atoms with Gasteiger partial charge in [0.2, 0.25) is 0 Å². The van der Waals surface area contributed by atoms with E-state index in [9.17, 15) is 9.59 Å². The molecule has 0 amide bonds. The molecule has 0 aliphatic carbocycles. The second-order valence-electron chi connectivity index (χ2n) is 5.42. The predicted octanol–water partition coefficient (Wildman–Crippen LogP) is -0.160. The molecule has 1 fully saturated rings. The third kappa shape index (κ3) is 2.74. The van der Waals surface area contributed by atoms with Crippen molar-refractivity contribution >= 4 is 11.6 Å². The summed E-state index contributed by atoms with van der Waals surface area (Å²) in [6, 6.07) is 5.19. The maximum Gasteiger partial charge on any atom is 0.357 e. The number of hydrogen-bond acceptors (Lipinski definition) is 5. The molecule has 7 heteroatoms. The highest BCUT2D eigenvalue weighted by molar-refractivity contribution is 5.80. The Morgan fingerprint density at radius 1 is 1.43 bits per heavy atom.